The second kappa shape index (κ2) is 4.89. The average Bonchev–Trinajstić information content (AvgIpc) is 2.36. The van der Waals surface area contributed by atoms with Gasteiger partial charge < -0.3 is 10.5 Å². The molecule has 0 aliphatic rings. The molecular formula is C12H10FN3O3. The lowest BCUT2D eigenvalue weighted by Gasteiger charge is -2.07. The lowest BCUT2D eigenvalue weighted by Crippen LogP contribution is -1.98. The van der Waals surface area contributed by atoms with Crippen molar-refractivity contribution in [2.24, 2.45) is 0 Å². The molecule has 2 N–H and O–H groups in total. The monoisotopic (exact) mass is 263 g/mol. The van der Waals surface area contributed by atoms with Crippen molar-refractivity contribution in [3.8, 4) is 11.6 Å². The third-order valence-corrected chi connectivity index (χ3v) is 2.43. The van der Waals surface area contributed by atoms with E-state index >= 15 is 0 Å². The Bertz CT molecular complexity index is 646. The molecule has 98 valence electrons. The van der Waals surface area contributed by atoms with Crippen molar-refractivity contribution < 1.29 is 14.1 Å². The molecule has 1 aromatic carbocycles. The zero-order valence-corrected chi connectivity index (χ0v) is 9.96. The van der Waals surface area contributed by atoms with Gasteiger partial charge in [0.15, 0.2) is 0 Å². The number of hydrogen-bond acceptors (Lipinski definition) is 5. The third-order valence-electron chi connectivity index (χ3n) is 2.43. The molecule has 2 rings (SSSR count). The number of benzene rings is 1. The quantitative estimate of drug-likeness (QED) is 0.679. The molecule has 0 fully saturated rings. The number of nitrogen functional groups attached to an aromatic ring is 1. The molecule has 6 nitrogen and oxygen atoms in total. The Morgan fingerprint density at radius 2 is 2.11 bits per heavy atom. The van der Waals surface area contributed by atoms with Crippen LogP contribution < -0.4 is 10.5 Å². The van der Waals surface area contributed by atoms with E-state index in [9.17, 15) is 14.5 Å². The fourth-order valence-electron chi connectivity index (χ4n) is 1.44. The summed E-state index contributed by atoms with van der Waals surface area (Å²) in [6.45, 7) is 1.68. The minimum Gasteiger partial charge on any atom is -0.432 e. The second-order valence-electron chi connectivity index (χ2n) is 3.80. The fraction of sp³-hybridized carbons (Fsp3) is 0.0833. The number of anilines is 1. The van der Waals surface area contributed by atoms with Crippen LogP contribution in [0.15, 0.2) is 30.3 Å². The fourth-order valence-corrected chi connectivity index (χ4v) is 1.44. The Kier molecular flexibility index (Phi) is 3.28. The Labute approximate surface area is 107 Å². The SMILES string of the molecule is Cc1nc(Oc2ccc(F)cc2[N+](=O)[O-])ccc1N. The summed E-state index contributed by atoms with van der Waals surface area (Å²) in [6.07, 6.45) is 0. The topological polar surface area (TPSA) is 91.3 Å². The summed E-state index contributed by atoms with van der Waals surface area (Å²) in [4.78, 5) is 14.1. The predicted molar refractivity (Wildman–Crippen MR) is 66.5 cm³/mol. The minimum atomic E-state index is -0.720. The lowest BCUT2D eigenvalue weighted by atomic mass is 10.3. The van der Waals surface area contributed by atoms with Gasteiger partial charge >= 0.3 is 5.69 Å². The molecule has 0 saturated heterocycles. The number of nitrogens with zero attached hydrogens (tertiary/aromatic N) is 2. The summed E-state index contributed by atoms with van der Waals surface area (Å²) in [5.74, 6) is -0.634. The van der Waals surface area contributed by atoms with E-state index in [0.29, 0.717) is 11.4 Å². The van der Waals surface area contributed by atoms with Gasteiger partial charge in [0.05, 0.1) is 22.4 Å². The number of pyridine rings is 1. The van der Waals surface area contributed by atoms with Gasteiger partial charge in [-0.15, -0.1) is 0 Å². The van der Waals surface area contributed by atoms with E-state index < -0.39 is 16.4 Å². The predicted octanol–water partition coefficient (Wildman–Crippen LogP) is 2.81. The first kappa shape index (κ1) is 12.7. The van der Waals surface area contributed by atoms with E-state index in [-0.39, 0.29) is 11.6 Å². The van der Waals surface area contributed by atoms with Gasteiger partial charge in [0.25, 0.3) is 0 Å². The molecule has 0 aliphatic carbocycles. The summed E-state index contributed by atoms with van der Waals surface area (Å²) in [7, 11) is 0. The molecule has 0 radical (unpaired) electrons. The minimum absolute atomic E-state index is 0.0805. The number of halogens is 1. The van der Waals surface area contributed by atoms with Crippen LogP contribution in [0.2, 0.25) is 0 Å². The summed E-state index contributed by atoms with van der Waals surface area (Å²) in [5, 5.41) is 10.8. The molecule has 1 aromatic heterocycles. The van der Waals surface area contributed by atoms with E-state index in [0.717, 1.165) is 12.1 Å². The summed E-state index contributed by atoms with van der Waals surface area (Å²) in [6, 6.07) is 6.11. The van der Waals surface area contributed by atoms with Gasteiger partial charge in [-0.1, -0.05) is 0 Å². The van der Waals surface area contributed by atoms with Gasteiger partial charge in [0.2, 0.25) is 11.6 Å². The molecule has 0 spiro atoms. The number of hydrogen-bond donors (Lipinski definition) is 1. The zero-order chi connectivity index (χ0) is 14.0. The number of nitro groups is 1. The van der Waals surface area contributed by atoms with Crippen molar-refractivity contribution in [2.75, 3.05) is 5.73 Å². The molecule has 0 bridgehead atoms. The molecule has 0 unspecified atom stereocenters. The van der Waals surface area contributed by atoms with Crippen LogP contribution in [0.5, 0.6) is 11.6 Å². The largest absolute Gasteiger partial charge is 0.432 e. The maximum atomic E-state index is 13.0. The molecule has 0 atom stereocenters. The zero-order valence-electron chi connectivity index (χ0n) is 9.96. The first-order valence-corrected chi connectivity index (χ1v) is 5.32. The summed E-state index contributed by atoms with van der Waals surface area (Å²) < 4.78 is 18.3. The molecule has 1 heterocycles. The Balaban J connectivity index is 2.37. The number of rotatable bonds is 3. The highest BCUT2D eigenvalue weighted by molar-refractivity contribution is 5.49. The molecular weight excluding hydrogens is 253 g/mol. The number of nitro benzene ring substituents is 1. The Morgan fingerprint density at radius 3 is 2.74 bits per heavy atom. The molecule has 0 amide bonds. The number of aryl methyl sites for hydroxylation is 1. The highest BCUT2D eigenvalue weighted by Crippen LogP contribution is 2.31. The molecule has 0 saturated carbocycles. The maximum Gasteiger partial charge on any atom is 0.314 e. The smallest absolute Gasteiger partial charge is 0.314 e. The van der Waals surface area contributed by atoms with Gasteiger partial charge in [-0.05, 0) is 25.1 Å². The van der Waals surface area contributed by atoms with E-state index in [2.05, 4.69) is 4.98 Å². The van der Waals surface area contributed by atoms with Crippen LogP contribution in [0.25, 0.3) is 0 Å². The Hall–Kier alpha value is -2.70. The summed E-state index contributed by atoms with van der Waals surface area (Å²) >= 11 is 0. The van der Waals surface area contributed by atoms with E-state index in [1.54, 1.807) is 13.0 Å². The third kappa shape index (κ3) is 2.76. The molecule has 19 heavy (non-hydrogen) atoms. The van der Waals surface area contributed by atoms with E-state index in [1.807, 2.05) is 0 Å². The van der Waals surface area contributed by atoms with Gasteiger partial charge in [-0.2, -0.15) is 0 Å². The maximum absolute atomic E-state index is 13.0. The second-order valence-corrected chi connectivity index (χ2v) is 3.80. The molecule has 2 aromatic rings. The van der Waals surface area contributed by atoms with Crippen LogP contribution in [0.3, 0.4) is 0 Å². The summed E-state index contributed by atoms with van der Waals surface area (Å²) in [5.41, 5.74) is 6.17. The van der Waals surface area contributed by atoms with Crippen molar-refractivity contribution in [1.29, 1.82) is 0 Å². The van der Waals surface area contributed by atoms with E-state index in [4.69, 9.17) is 10.5 Å². The lowest BCUT2D eigenvalue weighted by molar-refractivity contribution is -0.385. The number of ether oxygens (including phenoxy) is 1. The van der Waals surface area contributed by atoms with Crippen LogP contribution in [-0.2, 0) is 0 Å². The number of nitrogens with two attached hydrogens (primary N) is 1. The van der Waals surface area contributed by atoms with Crippen molar-refractivity contribution >= 4 is 11.4 Å². The van der Waals surface area contributed by atoms with Crippen LogP contribution in [0.1, 0.15) is 5.69 Å². The number of aromatic nitrogens is 1. The first-order valence-electron chi connectivity index (χ1n) is 5.32. The normalized spacial score (nSPS) is 10.2. The molecule has 0 aliphatic heterocycles. The standard InChI is InChI=1S/C12H10FN3O3/c1-7-9(14)3-5-12(15-7)19-11-4-2-8(13)6-10(11)16(17)18/h2-6H,14H2,1H3. The van der Waals surface area contributed by atoms with Crippen LogP contribution >= 0.6 is 0 Å². The molecule has 7 heteroatoms. The van der Waals surface area contributed by atoms with Gasteiger partial charge in [-0.25, -0.2) is 9.37 Å². The van der Waals surface area contributed by atoms with Crippen LogP contribution in [0, 0.1) is 22.9 Å². The van der Waals surface area contributed by atoms with E-state index in [1.165, 1.54) is 12.1 Å². The first-order chi connectivity index (χ1) is 8.97. The van der Waals surface area contributed by atoms with Crippen LogP contribution in [0.4, 0.5) is 15.8 Å². The van der Waals surface area contributed by atoms with Gasteiger partial charge in [-0.3, -0.25) is 10.1 Å². The Morgan fingerprint density at radius 1 is 1.37 bits per heavy atom. The van der Waals surface area contributed by atoms with Crippen molar-refractivity contribution in [3.63, 3.8) is 0 Å². The van der Waals surface area contributed by atoms with Crippen molar-refractivity contribution in [2.45, 2.75) is 6.92 Å². The highest BCUT2D eigenvalue weighted by Gasteiger charge is 2.17. The van der Waals surface area contributed by atoms with Gasteiger partial charge in [0, 0.05) is 6.07 Å². The van der Waals surface area contributed by atoms with Crippen LogP contribution in [-0.4, -0.2) is 9.91 Å². The highest BCUT2D eigenvalue weighted by atomic mass is 19.1. The van der Waals surface area contributed by atoms with Crippen molar-refractivity contribution in [1.82, 2.24) is 4.98 Å². The van der Waals surface area contributed by atoms with Crippen molar-refractivity contribution in [3.05, 3.63) is 52.0 Å². The average molecular weight is 263 g/mol. The van der Waals surface area contributed by atoms with Gasteiger partial charge in [0.1, 0.15) is 5.82 Å².